The molecule has 0 N–H and O–H groups in total. The Morgan fingerprint density at radius 1 is 1.22 bits per heavy atom. The molecular weight excluding hydrogens is 452 g/mol. The quantitative estimate of drug-likeness (QED) is 0.278. The molecule has 8 aliphatic rings. The average Bonchev–Trinajstić information content (AvgIpc) is 3.25. The molecule has 8 rings (SSSR count). The van der Waals surface area contributed by atoms with Crippen molar-refractivity contribution in [2.45, 2.75) is 121 Å². The lowest BCUT2D eigenvalue weighted by Crippen LogP contribution is -2.61. The number of ether oxygens (including phenoxy) is 4. The zero-order valence-corrected chi connectivity index (χ0v) is 22.4. The van der Waals surface area contributed by atoms with E-state index >= 15 is 0 Å². The van der Waals surface area contributed by atoms with Crippen molar-refractivity contribution in [3.8, 4) is 0 Å². The van der Waals surface area contributed by atoms with E-state index in [1.807, 2.05) is 0 Å². The molecule has 5 nitrogen and oxygen atoms in total. The van der Waals surface area contributed by atoms with Crippen LogP contribution in [0, 0.1) is 40.4 Å². The van der Waals surface area contributed by atoms with E-state index in [1.54, 1.807) is 12.5 Å². The molecule has 4 saturated carbocycles. The average molecular weight is 495 g/mol. The molecule has 36 heavy (non-hydrogen) atoms. The first-order chi connectivity index (χ1) is 17.1. The Morgan fingerprint density at radius 2 is 2.06 bits per heavy atom. The predicted octanol–water partition coefficient (Wildman–Crippen LogP) is 5.72. The lowest BCUT2D eigenvalue weighted by Gasteiger charge is -2.60. The van der Waals surface area contributed by atoms with Crippen LogP contribution in [0.15, 0.2) is 23.8 Å². The van der Waals surface area contributed by atoms with Crippen LogP contribution in [0.3, 0.4) is 0 Å². The van der Waals surface area contributed by atoms with Crippen LogP contribution in [0.5, 0.6) is 0 Å². The molecule has 7 fully saturated rings. The van der Waals surface area contributed by atoms with Crippen LogP contribution in [0.1, 0.15) is 85.5 Å². The highest BCUT2D eigenvalue weighted by molar-refractivity contribution is 5.66. The Kier molecular flexibility index (Phi) is 4.35. The number of esters is 1. The van der Waals surface area contributed by atoms with Crippen molar-refractivity contribution in [2.75, 3.05) is 0 Å². The molecule has 3 aliphatic heterocycles. The van der Waals surface area contributed by atoms with Crippen LogP contribution < -0.4 is 0 Å². The third-order valence-corrected chi connectivity index (χ3v) is 12.7. The van der Waals surface area contributed by atoms with E-state index in [2.05, 4.69) is 33.4 Å². The fourth-order valence-corrected chi connectivity index (χ4v) is 11.2. The van der Waals surface area contributed by atoms with Crippen molar-refractivity contribution in [3.63, 3.8) is 0 Å². The van der Waals surface area contributed by atoms with E-state index in [-0.39, 0.29) is 46.5 Å². The zero-order chi connectivity index (χ0) is 24.8. The molecule has 3 saturated heterocycles. The van der Waals surface area contributed by atoms with Gasteiger partial charge in [0.05, 0.1) is 17.8 Å². The van der Waals surface area contributed by atoms with Crippen LogP contribution >= 0.6 is 0 Å². The highest BCUT2D eigenvalue weighted by Crippen LogP contribution is 2.83. The highest BCUT2D eigenvalue weighted by Gasteiger charge is 2.88. The molecule has 0 aromatic rings. The Bertz CT molecular complexity index is 1080. The van der Waals surface area contributed by atoms with Crippen molar-refractivity contribution in [2.24, 2.45) is 40.4 Å². The van der Waals surface area contributed by atoms with Gasteiger partial charge < -0.3 is 18.9 Å². The zero-order valence-electron chi connectivity index (χ0n) is 22.4. The second-order valence-electron chi connectivity index (χ2n) is 14.3. The molecule has 0 aromatic carbocycles. The second kappa shape index (κ2) is 6.87. The summed E-state index contributed by atoms with van der Waals surface area (Å²) in [6.45, 7) is 12.8. The van der Waals surface area contributed by atoms with Gasteiger partial charge in [-0.2, -0.15) is 0 Å². The van der Waals surface area contributed by atoms with Gasteiger partial charge >= 0.3 is 5.97 Å². The first-order valence-electron chi connectivity index (χ1n) is 14.7. The minimum absolute atomic E-state index is 0.0460. The molecule has 196 valence electrons. The number of hydrogen-bond donors (Lipinski definition) is 0. The summed E-state index contributed by atoms with van der Waals surface area (Å²) in [4.78, 5) is 11.7. The van der Waals surface area contributed by atoms with Crippen molar-refractivity contribution >= 4 is 5.97 Å². The second-order valence-corrected chi connectivity index (χ2v) is 14.3. The monoisotopic (exact) mass is 494 g/mol. The summed E-state index contributed by atoms with van der Waals surface area (Å²) in [5.74, 6) is 2.49. The van der Waals surface area contributed by atoms with Crippen LogP contribution in [0.2, 0.25) is 0 Å². The van der Waals surface area contributed by atoms with E-state index in [4.69, 9.17) is 18.9 Å². The first kappa shape index (κ1) is 22.8. The van der Waals surface area contributed by atoms with Crippen LogP contribution in [-0.2, 0) is 23.7 Å². The fourth-order valence-electron chi connectivity index (χ4n) is 11.2. The van der Waals surface area contributed by atoms with Gasteiger partial charge in [-0.1, -0.05) is 37.6 Å². The van der Waals surface area contributed by atoms with E-state index in [1.165, 1.54) is 18.4 Å². The summed E-state index contributed by atoms with van der Waals surface area (Å²) in [7, 11) is 0. The number of rotatable bonds is 5. The van der Waals surface area contributed by atoms with Gasteiger partial charge in [0, 0.05) is 35.5 Å². The van der Waals surface area contributed by atoms with E-state index in [9.17, 15) is 4.79 Å². The number of epoxide rings is 1. The Labute approximate surface area is 215 Å². The summed E-state index contributed by atoms with van der Waals surface area (Å²) in [5, 5.41) is 0. The maximum atomic E-state index is 11.7. The van der Waals surface area contributed by atoms with Gasteiger partial charge in [-0.15, -0.1) is 0 Å². The van der Waals surface area contributed by atoms with Crippen molar-refractivity contribution in [3.05, 3.63) is 23.8 Å². The lowest BCUT2D eigenvalue weighted by atomic mass is 9.42. The van der Waals surface area contributed by atoms with Crippen molar-refractivity contribution in [1.29, 1.82) is 0 Å². The van der Waals surface area contributed by atoms with Crippen molar-refractivity contribution < 1.29 is 23.7 Å². The van der Waals surface area contributed by atoms with Crippen LogP contribution in [-0.4, -0.2) is 41.8 Å². The third kappa shape index (κ3) is 2.48. The minimum Gasteiger partial charge on any atom is -0.463 e. The van der Waals surface area contributed by atoms with Gasteiger partial charge in [-0.25, -0.2) is 0 Å². The lowest BCUT2D eigenvalue weighted by molar-refractivity contribution is -0.172. The molecule has 0 amide bonds. The molecule has 5 heteroatoms. The smallest absolute Gasteiger partial charge is 0.302 e. The maximum Gasteiger partial charge on any atom is 0.302 e. The third-order valence-electron chi connectivity index (χ3n) is 12.7. The Balaban J connectivity index is 1.12. The molecular formula is C31H42O5. The maximum absolute atomic E-state index is 11.7. The fraction of sp³-hybridized carbons (Fsp3) is 0.839. The number of carbonyl (C=O) groups is 1. The van der Waals surface area contributed by atoms with E-state index in [0.717, 1.165) is 44.9 Å². The van der Waals surface area contributed by atoms with Gasteiger partial charge in [0.1, 0.15) is 11.7 Å². The summed E-state index contributed by atoms with van der Waals surface area (Å²) < 4.78 is 26.4. The molecule has 2 bridgehead atoms. The topological polar surface area (TPSA) is 57.3 Å². The molecule has 5 aliphatic carbocycles. The van der Waals surface area contributed by atoms with E-state index in [0.29, 0.717) is 35.7 Å². The minimum atomic E-state index is -0.139. The van der Waals surface area contributed by atoms with Gasteiger partial charge in [-0.05, 0) is 76.5 Å². The normalized spacial score (nSPS) is 56.5. The SMILES string of the molecule is C=C(CCC1(C)OC2OC3CC1C21CCC2=CC45CCC(OC(C)=O)CC4CC4OC4(C25)C31)C(C)C. The van der Waals surface area contributed by atoms with Gasteiger partial charge in [-0.3, -0.25) is 4.79 Å². The number of allylic oxidation sites excluding steroid dienone is 2. The number of hydrogen-bond acceptors (Lipinski definition) is 5. The number of carbonyl (C=O) groups excluding carboxylic acids is 1. The molecule has 0 aromatic heterocycles. The first-order valence-corrected chi connectivity index (χ1v) is 14.7. The van der Waals surface area contributed by atoms with Crippen LogP contribution in [0.25, 0.3) is 0 Å². The molecule has 12 atom stereocenters. The van der Waals surface area contributed by atoms with E-state index < -0.39 is 0 Å². The Morgan fingerprint density at radius 3 is 2.83 bits per heavy atom. The summed E-state index contributed by atoms with van der Waals surface area (Å²) >= 11 is 0. The predicted molar refractivity (Wildman–Crippen MR) is 134 cm³/mol. The summed E-state index contributed by atoms with van der Waals surface area (Å²) in [6, 6.07) is 0. The van der Waals surface area contributed by atoms with Gasteiger partial charge in [0.25, 0.3) is 0 Å². The molecule has 3 heterocycles. The summed E-state index contributed by atoms with van der Waals surface area (Å²) in [5.41, 5.74) is 3.15. The van der Waals surface area contributed by atoms with Gasteiger partial charge in [0.2, 0.25) is 0 Å². The van der Waals surface area contributed by atoms with Gasteiger partial charge in [0.15, 0.2) is 6.29 Å². The molecule has 12 unspecified atom stereocenters. The summed E-state index contributed by atoms with van der Waals surface area (Å²) in [6.07, 6.45) is 13.1. The largest absolute Gasteiger partial charge is 0.463 e. The molecule has 3 spiro atoms. The standard InChI is InChI=1S/C31H42O5/c1-16(2)17(3)6-9-28(5)23-14-22-26-30(23,27(34-22)36-28)11-7-19-15-29-10-8-21(33-18(4)32)12-20(29)13-24-31(26,35-24)25(19)29/h15-16,20-27H,3,6-14H2,1-2,4-5H3. The molecule has 0 radical (unpaired) electrons. The Hall–Kier alpha value is -1.17. The van der Waals surface area contributed by atoms with Crippen molar-refractivity contribution in [1.82, 2.24) is 0 Å². The van der Waals surface area contributed by atoms with Crippen LogP contribution in [0.4, 0.5) is 0 Å². The highest BCUT2D eigenvalue weighted by atomic mass is 16.7.